The largest absolute Gasteiger partial charge is 0.311 e. The predicted octanol–water partition coefficient (Wildman–Crippen LogP) is 20.5. The molecule has 0 radical (unpaired) electrons. The van der Waals surface area contributed by atoms with Crippen LogP contribution < -0.4 is 9.80 Å². The van der Waals surface area contributed by atoms with E-state index in [0.29, 0.717) is 0 Å². The molecule has 0 bridgehead atoms. The van der Waals surface area contributed by atoms with Crippen molar-refractivity contribution in [2.24, 2.45) is 0 Å². The van der Waals surface area contributed by atoms with Crippen LogP contribution in [0.4, 0.5) is 28.4 Å². The number of rotatable bonds is 11. The van der Waals surface area contributed by atoms with Crippen LogP contribution >= 0.6 is 23.5 Å². The number of hydrogen-bond acceptors (Lipinski definition) is 4. The van der Waals surface area contributed by atoms with Gasteiger partial charge in [-0.1, -0.05) is 178 Å². The molecule has 2 aliphatic rings. The topological polar surface area (TPSA) is 11.4 Å². The summed E-state index contributed by atoms with van der Waals surface area (Å²) >= 11 is 3.77. The van der Waals surface area contributed by atoms with Gasteiger partial charge in [0.1, 0.15) is 0 Å². The molecule has 0 N–H and O–H groups in total. The molecule has 0 spiro atoms. The van der Waals surface area contributed by atoms with Crippen LogP contribution in [-0.4, -0.2) is 4.57 Å². The molecule has 5 heteroatoms. The Morgan fingerprint density at radius 3 is 1.55 bits per heavy atom. The van der Waals surface area contributed by atoms with Crippen molar-refractivity contribution in [2.45, 2.75) is 59.1 Å². The lowest BCUT2D eigenvalue weighted by molar-refractivity contribution is 0.661. The van der Waals surface area contributed by atoms with E-state index in [-0.39, 0.29) is 5.41 Å². The third-order valence-corrected chi connectivity index (χ3v) is 17.6. The molecule has 13 rings (SSSR count). The van der Waals surface area contributed by atoms with E-state index in [4.69, 9.17) is 0 Å². The first kappa shape index (κ1) is 46.6. The van der Waals surface area contributed by atoms with Gasteiger partial charge in [0.05, 0.1) is 11.0 Å². The van der Waals surface area contributed by atoms with Gasteiger partial charge in [0.15, 0.2) is 0 Å². The summed E-state index contributed by atoms with van der Waals surface area (Å²) in [6.45, 7) is 9.04. The maximum absolute atomic E-state index is 2.51. The SMILES string of the molecule is C/C=C(\C=C/CC)N(c1ccccc1)c1ccc(N(c2ccc(-c3ccccc3)cc2)c2ccc(-c3ccc(-n4c5cc6c(cc5c5cc7c(cc54)C(C)(C)c4ccccc4-7)Sc4ccccc4S6)cc3)cc2)cc1. The standard InChI is InChI=1S/C70H55N3S2/c1-5-7-20-51(6-2)71(52-21-12-9-13-22-52)55-39-41-56(42-40-55)72(53-33-27-48(28-34-53)47-18-10-8-11-19-47)54-35-29-49(30-36-54)50-31-37-57(38-32-50)73-64-45-63-59(58-23-14-15-24-62(58)70(63,3)4)43-60(64)61-44-68-69(46-65(61)73)75-67-26-17-16-25-66(67)74-68/h6-46H,5H2,1-4H3/b20-7-,51-6+. The van der Waals surface area contributed by atoms with Crippen molar-refractivity contribution in [3.05, 3.63) is 266 Å². The van der Waals surface area contributed by atoms with Crippen molar-refractivity contribution in [2.75, 3.05) is 9.80 Å². The minimum atomic E-state index is -0.111. The van der Waals surface area contributed by atoms with Crippen LogP contribution in [0.3, 0.4) is 0 Å². The molecular formula is C70H55N3S2. The lowest BCUT2D eigenvalue weighted by Crippen LogP contribution is -2.15. The Labute approximate surface area is 449 Å². The van der Waals surface area contributed by atoms with Crippen molar-refractivity contribution >= 4 is 73.8 Å². The zero-order valence-corrected chi connectivity index (χ0v) is 44.2. The molecule has 362 valence electrons. The van der Waals surface area contributed by atoms with Crippen LogP contribution in [0.15, 0.2) is 274 Å². The number of anilines is 5. The number of para-hydroxylation sites is 1. The van der Waals surface area contributed by atoms with Crippen molar-refractivity contribution in [3.63, 3.8) is 0 Å². The normalized spacial score (nSPS) is 13.4. The summed E-state index contributed by atoms with van der Waals surface area (Å²) in [6.07, 6.45) is 7.59. The number of hydrogen-bond donors (Lipinski definition) is 0. The highest BCUT2D eigenvalue weighted by Crippen LogP contribution is 2.54. The fraction of sp³-hybridized carbons (Fsp3) is 0.0857. The van der Waals surface area contributed by atoms with Gasteiger partial charge in [-0.05, 0) is 173 Å². The molecule has 1 aromatic heterocycles. The second-order valence-corrected chi connectivity index (χ2v) is 22.1. The fourth-order valence-electron chi connectivity index (χ4n) is 11.3. The van der Waals surface area contributed by atoms with Crippen LogP contribution in [0.5, 0.6) is 0 Å². The van der Waals surface area contributed by atoms with Gasteiger partial charge in [-0.25, -0.2) is 0 Å². The number of allylic oxidation sites excluding steroid dienone is 3. The molecule has 0 atom stereocenters. The predicted molar refractivity (Wildman–Crippen MR) is 320 cm³/mol. The summed E-state index contributed by atoms with van der Waals surface area (Å²) in [7, 11) is 0. The number of nitrogens with zero attached hydrogens (tertiary/aromatic N) is 3. The van der Waals surface area contributed by atoms with E-state index in [9.17, 15) is 0 Å². The molecule has 75 heavy (non-hydrogen) atoms. The summed E-state index contributed by atoms with van der Waals surface area (Å²) in [5.74, 6) is 0. The molecule has 3 nitrogen and oxygen atoms in total. The Bertz CT molecular complexity index is 3980. The lowest BCUT2D eigenvalue weighted by atomic mass is 9.82. The summed E-state index contributed by atoms with van der Waals surface area (Å²) in [5, 5.41) is 2.58. The molecule has 10 aromatic carbocycles. The van der Waals surface area contributed by atoms with Gasteiger partial charge in [0, 0.05) is 75.6 Å². The zero-order valence-electron chi connectivity index (χ0n) is 42.5. The van der Waals surface area contributed by atoms with E-state index in [1.54, 1.807) is 0 Å². The Balaban J connectivity index is 0.873. The molecule has 0 amide bonds. The Morgan fingerprint density at radius 1 is 0.453 bits per heavy atom. The van der Waals surface area contributed by atoms with E-state index >= 15 is 0 Å². The van der Waals surface area contributed by atoms with Crippen LogP contribution in [0.1, 0.15) is 45.2 Å². The van der Waals surface area contributed by atoms with Crippen LogP contribution in [0, 0.1) is 0 Å². The number of fused-ring (bicyclic) bond motifs is 8. The second kappa shape index (κ2) is 19.2. The lowest BCUT2D eigenvalue weighted by Gasteiger charge is -2.29. The van der Waals surface area contributed by atoms with Gasteiger partial charge >= 0.3 is 0 Å². The fourth-order valence-corrected chi connectivity index (χ4v) is 13.6. The van der Waals surface area contributed by atoms with Crippen molar-refractivity contribution < 1.29 is 0 Å². The maximum atomic E-state index is 2.51. The van der Waals surface area contributed by atoms with Crippen LogP contribution in [0.25, 0.3) is 60.9 Å². The maximum Gasteiger partial charge on any atom is 0.0553 e. The Morgan fingerprint density at radius 2 is 0.933 bits per heavy atom. The smallest absolute Gasteiger partial charge is 0.0553 e. The Hall–Kier alpha value is -8.22. The molecule has 1 aliphatic heterocycles. The first-order valence-corrected chi connectivity index (χ1v) is 27.6. The van der Waals surface area contributed by atoms with E-state index in [0.717, 1.165) is 46.2 Å². The monoisotopic (exact) mass is 1000 g/mol. The minimum absolute atomic E-state index is 0.111. The first-order chi connectivity index (χ1) is 36.8. The second-order valence-electron chi connectivity index (χ2n) is 19.9. The van der Waals surface area contributed by atoms with Crippen LogP contribution in [0.2, 0.25) is 0 Å². The van der Waals surface area contributed by atoms with Gasteiger partial charge in [0.2, 0.25) is 0 Å². The van der Waals surface area contributed by atoms with Crippen LogP contribution in [-0.2, 0) is 5.41 Å². The number of aromatic nitrogens is 1. The molecule has 0 saturated carbocycles. The molecular weight excluding hydrogens is 947 g/mol. The average Bonchev–Trinajstić information content (AvgIpc) is 3.95. The Kier molecular flexibility index (Phi) is 11.9. The highest BCUT2D eigenvalue weighted by molar-refractivity contribution is 8.05. The number of benzene rings is 10. The third kappa shape index (κ3) is 8.28. The quantitative estimate of drug-likeness (QED) is 0.120. The molecule has 11 aromatic rings. The summed E-state index contributed by atoms with van der Waals surface area (Å²) in [6, 6.07) is 85.0. The molecule has 1 aliphatic carbocycles. The van der Waals surface area contributed by atoms with E-state index in [2.05, 4.69) is 291 Å². The van der Waals surface area contributed by atoms with Gasteiger partial charge in [0.25, 0.3) is 0 Å². The minimum Gasteiger partial charge on any atom is -0.311 e. The highest BCUT2D eigenvalue weighted by atomic mass is 32.2. The van der Waals surface area contributed by atoms with E-state index in [1.807, 2.05) is 23.5 Å². The van der Waals surface area contributed by atoms with Crippen molar-refractivity contribution in [1.29, 1.82) is 0 Å². The highest BCUT2D eigenvalue weighted by Gasteiger charge is 2.36. The average molecular weight is 1000 g/mol. The summed E-state index contributed by atoms with van der Waals surface area (Å²) in [5.41, 5.74) is 20.3. The molecule has 0 unspecified atom stereocenters. The molecule has 0 saturated heterocycles. The van der Waals surface area contributed by atoms with Gasteiger partial charge in [-0.2, -0.15) is 0 Å². The van der Waals surface area contributed by atoms with Gasteiger partial charge in [-0.15, -0.1) is 0 Å². The van der Waals surface area contributed by atoms with Crippen molar-refractivity contribution in [1.82, 2.24) is 4.57 Å². The van der Waals surface area contributed by atoms with E-state index < -0.39 is 0 Å². The first-order valence-electron chi connectivity index (χ1n) is 26.0. The molecule has 0 fully saturated rings. The molecule has 2 heterocycles. The third-order valence-electron chi connectivity index (χ3n) is 15.1. The van der Waals surface area contributed by atoms with E-state index in [1.165, 1.54) is 85.9 Å². The zero-order chi connectivity index (χ0) is 50.6. The van der Waals surface area contributed by atoms with Gasteiger partial charge < -0.3 is 14.4 Å². The summed E-state index contributed by atoms with van der Waals surface area (Å²) in [4.78, 5) is 9.95. The summed E-state index contributed by atoms with van der Waals surface area (Å²) < 4.78 is 2.51. The van der Waals surface area contributed by atoms with Gasteiger partial charge in [-0.3, -0.25) is 0 Å². The van der Waals surface area contributed by atoms with Crippen molar-refractivity contribution in [3.8, 4) is 39.1 Å².